The second kappa shape index (κ2) is 24.1. The standard InChI is InChI=1S/C18H36O2.C3H7O.Ti/c1-2-3-4-5-6-7-8-9-10-11-12-13-14-15-16-17-18(19)20;1-3(2)4;/h2-17H2,1H3,(H,19,20);3H,1-2H3;/q;-1;+1. The quantitative estimate of drug-likeness (QED) is 0.210. The number of unbranched alkanes of at least 4 members (excludes halogenated alkanes) is 14. The fourth-order valence-corrected chi connectivity index (χ4v) is 2.65. The van der Waals surface area contributed by atoms with Gasteiger partial charge in [0.05, 0.1) is 0 Å². The molecule has 1 N–H and O–H groups in total. The molecular formula is C21H43O3Ti. The largest absolute Gasteiger partial charge is 0.481 e. The summed E-state index contributed by atoms with van der Waals surface area (Å²) in [5.74, 6) is -0.653. The van der Waals surface area contributed by atoms with Crippen LogP contribution in [-0.4, -0.2) is 17.2 Å². The second-order valence-electron chi connectivity index (χ2n) is 7.26. The van der Waals surface area contributed by atoms with Gasteiger partial charge in [0.2, 0.25) is 0 Å². The van der Waals surface area contributed by atoms with Gasteiger partial charge in [0.25, 0.3) is 0 Å². The van der Waals surface area contributed by atoms with E-state index in [4.69, 9.17) is 8.42 Å². The average Bonchev–Trinajstić information content (AvgIpc) is 2.58. The van der Waals surface area contributed by atoms with Crippen molar-refractivity contribution in [3.05, 3.63) is 0 Å². The molecule has 0 aliphatic carbocycles. The molecule has 0 fully saturated rings. The Labute approximate surface area is 169 Å². The van der Waals surface area contributed by atoms with E-state index in [-0.39, 0.29) is 0 Å². The van der Waals surface area contributed by atoms with Gasteiger partial charge in [-0.3, -0.25) is 4.79 Å². The molecule has 0 saturated heterocycles. The summed E-state index contributed by atoms with van der Waals surface area (Å²) in [7, 11) is 0. The van der Waals surface area contributed by atoms with Crippen LogP contribution >= 0.6 is 0 Å². The molecule has 4 heteroatoms. The SMILES string of the molecule is CC(C)[O][Ti].CCCCCCCCCCCCCCCCCC(=O)O. The van der Waals surface area contributed by atoms with Crippen molar-refractivity contribution in [2.45, 2.75) is 130 Å². The second-order valence-corrected chi connectivity index (χ2v) is 7.63. The maximum absolute atomic E-state index is 10.3. The summed E-state index contributed by atoms with van der Waals surface area (Å²) in [6.07, 6.45) is 20.6. The third-order valence-electron chi connectivity index (χ3n) is 4.23. The predicted molar refractivity (Wildman–Crippen MR) is 103 cm³/mol. The molecule has 0 spiro atoms. The molecule has 0 saturated carbocycles. The molecule has 0 radical (unpaired) electrons. The summed E-state index contributed by atoms with van der Waals surface area (Å²) < 4.78 is 4.75. The van der Waals surface area contributed by atoms with Gasteiger partial charge < -0.3 is 5.11 Å². The average molecular weight is 391 g/mol. The van der Waals surface area contributed by atoms with Gasteiger partial charge in [-0.1, -0.05) is 96.8 Å². The van der Waals surface area contributed by atoms with Crippen molar-refractivity contribution in [1.29, 1.82) is 0 Å². The molecule has 0 aromatic rings. The molecule has 25 heavy (non-hydrogen) atoms. The van der Waals surface area contributed by atoms with Crippen molar-refractivity contribution in [2.24, 2.45) is 0 Å². The number of carboxylic acid groups (broad SMARTS) is 1. The molecule has 0 atom stereocenters. The van der Waals surface area contributed by atoms with Crippen LogP contribution < -0.4 is 0 Å². The van der Waals surface area contributed by atoms with Crippen molar-refractivity contribution in [3.63, 3.8) is 0 Å². The van der Waals surface area contributed by atoms with E-state index in [1.165, 1.54) is 83.5 Å². The molecule has 0 aliphatic heterocycles. The molecule has 0 aromatic carbocycles. The van der Waals surface area contributed by atoms with E-state index < -0.39 is 5.97 Å². The fraction of sp³-hybridized carbons (Fsp3) is 0.952. The van der Waals surface area contributed by atoms with E-state index in [0.717, 1.165) is 12.8 Å². The molecular weight excluding hydrogens is 348 g/mol. The zero-order chi connectivity index (χ0) is 19.2. The summed E-state index contributed by atoms with van der Waals surface area (Å²) in [4.78, 5) is 10.3. The minimum Gasteiger partial charge on any atom is -0.481 e. The summed E-state index contributed by atoms with van der Waals surface area (Å²) in [5, 5.41) is 8.52. The van der Waals surface area contributed by atoms with Crippen molar-refractivity contribution in [1.82, 2.24) is 0 Å². The summed E-state index contributed by atoms with van der Waals surface area (Å²) >= 11 is 1.70. The van der Waals surface area contributed by atoms with Gasteiger partial charge in [0.15, 0.2) is 0 Å². The smallest absolute Gasteiger partial charge is 0.303 e. The maximum Gasteiger partial charge on any atom is 0.303 e. The van der Waals surface area contributed by atoms with Crippen LogP contribution in [0.1, 0.15) is 124 Å². The van der Waals surface area contributed by atoms with Crippen LogP contribution in [0, 0.1) is 0 Å². The van der Waals surface area contributed by atoms with Gasteiger partial charge in [0, 0.05) is 6.42 Å². The van der Waals surface area contributed by atoms with Crippen LogP contribution in [0.2, 0.25) is 0 Å². The van der Waals surface area contributed by atoms with Crippen molar-refractivity contribution in [3.8, 4) is 0 Å². The predicted octanol–water partition coefficient (Wildman–Crippen LogP) is 7.21. The molecule has 3 nitrogen and oxygen atoms in total. The van der Waals surface area contributed by atoms with Gasteiger partial charge in [-0.25, -0.2) is 0 Å². The summed E-state index contributed by atoms with van der Waals surface area (Å²) in [6.45, 7) is 6.27. The van der Waals surface area contributed by atoms with E-state index in [2.05, 4.69) is 6.92 Å². The molecule has 0 aliphatic rings. The van der Waals surface area contributed by atoms with E-state index in [0.29, 0.717) is 12.5 Å². The Balaban J connectivity index is 0. The first-order valence-corrected chi connectivity index (χ1v) is 11.2. The molecule has 0 bridgehead atoms. The van der Waals surface area contributed by atoms with Gasteiger partial charge in [-0.2, -0.15) is 0 Å². The number of carbonyl (C=O) groups is 1. The van der Waals surface area contributed by atoms with Crippen LogP contribution in [0.25, 0.3) is 0 Å². The number of rotatable bonds is 17. The number of aliphatic carboxylic acids is 1. The van der Waals surface area contributed by atoms with Crippen LogP contribution in [0.15, 0.2) is 0 Å². The Bertz CT molecular complexity index is 258. The Morgan fingerprint density at radius 2 is 1.04 bits per heavy atom. The molecule has 0 amide bonds. The minimum absolute atomic E-state index is 0.345. The topological polar surface area (TPSA) is 46.5 Å². The van der Waals surface area contributed by atoms with E-state index in [9.17, 15) is 4.79 Å². The van der Waals surface area contributed by atoms with E-state index >= 15 is 0 Å². The van der Waals surface area contributed by atoms with Crippen molar-refractivity contribution >= 4 is 5.97 Å². The third kappa shape index (κ3) is 32.3. The summed E-state index contributed by atoms with van der Waals surface area (Å²) in [5.41, 5.74) is 0. The fourth-order valence-electron chi connectivity index (χ4n) is 2.65. The van der Waals surface area contributed by atoms with Gasteiger partial charge in [0.1, 0.15) is 0 Å². The van der Waals surface area contributed by atoms with E-state index in [1.54, 1.807) is 20.8 Å². The Hall–Kier alpha value is 0.144. The van der Waals surface area contributed by atoms with Gasteiger partial charge in [-0.15, -0.1) is 0 Å². The molecule has 0 rings (SSSR count). The van der Waals surface area contributed by atoms with Crippen LogP contribution in [0.3, 0.4) is 0 Å². The van der Waals surface area contributed by atoms with E-state index in [1.807, 2.05) is 13.8 Å². The van der Waals surface area contributed by atoms with Gasteiger partial charge in [-0.05, 0) is 6.42 Å². The van der Waals surface area contributed by atoms with Crippen LogP contribution in [0.5, 0.6) is 0 Å². The Morgan fingerprint density at radius 1 is 0.760 bits per heavy atom. The Morgan fingerprint density at radius 3 is 1.28 bits per heavy atom. The first kappa shape index (κ1) is 27.4. The first-order valence-electron chi connectivity index (χ1n) is 10.6. The van der Waals surface area contributed by atoms with Crippen LogP contribution in [0.4, 0.5) is 0 Å². The first-order chi connectivity index (χ1) is 12.0. The van der Waals surface area contributed by atoms with Crippen molar-refractivity contribution in [2.75, 3.05) is 0 Å². The third-order valence-corrected chi connectivity index (χ3v) is 4.97. The number of hydrogen-bond acceptors (Lipinski definition) is 2. The van der Waals surface area contributed by atoms with Crippen molar-refractivity contribution < 1.29 is 34.0 Å². The zero-order valence-electron chi connectivity index (χ0n) is 17.2. The molecule has 0 unspecified atom stereocenters. The monoisotopic (exact) mass is 391 g/mol. The normalized spacial score (nSPS) is 10.5. The number of carboxylic acids is 1. The Kier molecular flexibility index (Phi) is 26.4. The van der Waals surface area contributed by atoms with Crippen LogP contribution in [-0.2, 0) is 28.9 Å². The summed E-state index contributed by atoms with van der Waals surface area (Å²) in [6, 6.07) is 0. The van der Waals surface area contributed by atoms with Gasteiger partial charge >= 0.3 is 50.1 Å². The maximum atomic E-state index is 10.3. The molecule has 149 valence electrons. The molecule has 0 heterocycles. The zero-order valence-corrected chi connectivity index (χ0v) is 18.7. The molecule has 0 aromatic heterocycles. The minimum atomic E-state index is -0.653. The number of hydrogen-bond donors (Lipinski definition) is 1.